The number of thioether (sulfide) groups is 1. The number of rotatable bonds is 7. The van der Waals surface area contributed by atoms with E-state index in [0.717, 1.165) is 17.7 Å². The monoisotopic (exact) mass is 445 g/mol. The van der Waals surface area contributed by atoms with Crippen molar-refractivity contribution in [2.24, 2.45) is 0 Å². The van der Waals surface area contributed by atoms with Crippen molar-refractivity contribution in [1.82, 2.24) is 9.55 Å². The Morgan fingerprint density at radius 2 is 1.84 bits per heavy atom. The molecule has 162 valence electrons. The van der Waals surface area contributed by atoms with Crippen LogP contribution in [0.25, 0.3) is 16.6 Å². The van der Waals surface area contributed by atoms with Crippen molar-refractivity contribution in [3.63, 3.8) is 0 Å². The summed E-state index contributed by atoms with van der Waals surface area (Å²) in [5.74, 6) is 0.593. The van der Waals surface area contributed by atoms with Gasteiger partial charge in [0.1, 0.15) is 5.75 Å². The predicted octanol–water partition coefficient (Wildman–Crippen LogP) is 4.69. The Morgan fingerprint density at radius 3 is 2.66 bits per heavy atom. The minimum Gasteiger partial charge on any atom is -0.497 e. The van der Waals surface area contributed by atoms with Crippen molar-refractivity contribution in [3.8, 4) is 11.4 Å². The first-order valence-electron chi connectivity index (χ1n) is 10.3. The van der Waals surface area contributed by atoms with E-state index in [9.17, 15) is 9.59 Å². The van der Waals surface area contributed by atoms with Crippen molar-refractivity contribution >= 4 is 34.3 Å². The fraction of sp³-hybridized carbons (Fsp3) is 0.160. The second kappa shape index (κ2) is 9.70. The number of amides is 1. The maximum atomic E-state index is 13.3. The topological polar surface area (TPSA) is 73.2 Å². The largest absolute Gasteiger partial charge is 0.497 e. The molecule has 0 fully saturated rings. The number of methoxy groups -OCH3 is 1. The number of fused-ring (bicyclic) bond motifs is 1. The predicted molar refractivity (Wildman–Crippen MR) is 129 cm³/mol. The summed E-state index contributed by atoms with van der Waals surface area (Å²) in [4.78, 5) is 30.7. The molecule has 4 rings (SSSR count). The first-order chi connectivity index (χ1) is 15.6. The smallest absolute Gasteiger partial charge is 0.266 e. The van der Waals surface area contributed by atoms with Crippen LogP contribution in [0.4, 0.5) is 5.69 Å². The number of hydrogen-bond donors (Lipinski definition) is 1. The second-order valence-electron chi connectivity index (χ2n) is 7.10. The number of carbonyl (C=O) groups excluding carboxylic acids is 1. The van der Waals surface area contributed by atoms with Crippen molar-refractivity contribution in [1.29, 1.82) is 0 Å². The van der Waals surface area contributed by atoms with Gasteiger partial charge in [-0.15, -0.1) is 0 Å². The zero-order valence-electron chi connectivity index (χ0n) is 17.9. The molecule has 3 aromatic carbocycles. The van der Waals surface area contributed by atoms with Gasteiger partial charge in [0.2, 0.25) is 5.91 Å². The van der Waals surface area contributed by atoms with Crippen LogP contribution in [0.3, 0.4) is 0 Å². The molecular formula is C25H23N3O3S. The third-order valence-electron chi connectivity index (χ3n) is 5.06. The van der Waals surface area contributed by atoms with Crippen LogP contribution in [0.5, 0.6) is 5.75 Å². The molecule has 1 amide bonds. The van der Waals surface area contributed by atoms with Crippen LogP contribution in [0.15, 0.2) is 82.7 Å². The summed E-state index contributed by atoms with van der Waals surface area (Å²) in [5, 5.41) is 3.93. The standard InChI is InChI=1S/C25H23N3O3S/c1-3-17-9-4-6-13-21(17)26-23(29)16-32-25-27-22-14-7-5-12-20(22)24(30)28(25)18-10-8-11-19(15-18)31-2/h4-15H,3,16H2,1-2H3,(H,26,29). The van der Waals surface area contributed by atoms with Crippen LogP contribution in [0.2, 0.25) is 0 Å². The van der Waals surface area contributed by atoms with E-state index in [1.807, 2.05) is 61.5 Å². The molecule has 0 atom stereocenters. The van der Waals surface area contributed by atoms with Gasteiger partial charge in [0, 0.05) is 11.8 Å². The third kappa shape index (κ3) is 4.53. The second-order valence-corrected chi connectivity index (χ2v) is 8.04. The maximum Gasteiger partial charge on any atom is 0.266 e. The van der Waals surface area contributed by atoms with Gasteiger partial charge in [-0.2, -0.15) is 0 Å². The summed E-state index contributed by atoms with van der Waals surface area (Å²) in [6, 6.07) is 22.2. The number of para-hydroxylation sites is 2. The Hall–Kier alpha value is -3.58. The Bertz CT molecular complexity index is 1330. The molecule has 0 saturated heterocycles. The van der Waals surface area contributed by atoms with Gasteiger partial charge in [0.15, 0.2) is 5.16 Å². The van der Waals surface area contributed by atoms with Gasteiger partial charge in [0.25, 0.3) is 5.56 Å². The van der Waals surface area contributed by atoms with Gasteiger partial charge in [0.05, 0.1) is 29.5 Å². The van der Waals surface area contributed by atoms with E-state index in [4.69, 9.17) is 4.74 Å². The van der Waals surface area contributed by atoms with Gasteiger partial charge >= 0.3 is 0 Å². The van der Waals surface area contributed by atoms with Crippen LogP contribution >= 0.6 is 11.8 Å². The highest BCUT2D eigenvalue weighted by molar-refractivity contribution is 7.99. The lowest BCUT2D eigenvalue weighted by Crippen LogP contribution is -2.23. The van der Waals surface area contributed by atoms with E-state index >= 15 is 0 Å². The lowest BCUT2D eigenvalue weighted by atomic mass is 10.1. The summed E-state index contributed by atoms with van der Waals surface area (Å²) in [6.07, 6.45) is 0.825. The average molecular weight is 446 g/mol. The molecule has 0 unspecified atom stereocenters. The zero-order chi connectivity index (χ0) is 22.5. The number of nitrogens with one attached hydrogen (secondary N) is 1. The molecule has 7 heteroatoms. The third-order valence-corrected chi connectivity index (χ3v) is 6.00. The fourth-order valence-electron chi connectivity index (χ4n) is 3.45. The maximum absolute atomic E-state index is 13.3. The van der Waals surface area contributed by atoms with Crippen LogP contribution in [0, 0.1) is 0 Å². The molecule has 0 aliphatic rings. The van der Waals surface area contributed by atoms with E-state index < -0.39 is 0 Å². The number of ether oxygens (including phenoxy) is 1. The first kappa shape index (κ1) is 21.6. The summed E-state index contributed by atoms with van der Waals surface area (Å²) >= 11 is 1.22. The molecule has 1 N–H and O–H groups in total. The number of carbonyl (C=O) groups is 1. The first-order valence-corrected chi connectivity index (χ1v) is 11.3. The summed E-state index contributed by atoms with van der Waals surface area (Å²) < 4.78 is 6.85. The number of hydrogen-bond acceptors (Lipinski definition) is 5. The molecule has 32 heavy (non-hydrogen) atoms. The van der Waals surface area contributed by atoms with Crippen molar-refractivity contribution in [2.75, 3.05) is 18.2 Å². The highest BCUT2D eigenvalue weighted by Gasteiger charge is 2.15. The van der Waals surface area contributed by atoms with Crippen LogP contribution in [0.1, 0.15) is 12.5 Å². The molecule has 0 bridgehead atoms. The van der Waals surface area contributed by atoms with E-state index in [1.54, 1.807) is 25.3 Å². The molecule has 0 radical (unpaired) electrons. The quantitative estimate of drug-likeness (QED) is 0.330. The number of nitrogens with zero attached hydrogens (tertiary/aromatic N) is 2. The molecule has 0 aliphatic heterocycles. The summed E-state index contributed by atoms with van der Waals surface area (Å²) in [7, 11) is 1.58. The van der Waals surface area contributed by atoms with Crippen molar-refractivity contribution < 1.29 is 9.53 Å². The van der Waals surface area contributed by atoms with Crippen LogP contribution in [-0.4, -0.2) is 28.3 Å². The Kier molecular flexibility index (Phi) is 6.56. The summed E-state index contributed by atoms with van der Waals surface area (Å²) in [5.41, 5.74) is 2.91. The van der Waals surface area contributed by atoms with E-state index in [0.29, 0.717) is 27.5 Å². The van der Waals surface area contributed by atoms with Crippen molar-refractivity contribution in [2.45, 2.75) is 18.5 Å². The van der Waals surface area contributed by atoms with E-state index in [-0.39, 0.29) is 17.2 Å². The Morgan fingerprint density at radius 1 is 1.06 bits per heavy atom. The van der Waals surface area contributed by atoms with Crippen LogP contribution < -0.4 is 15.6 Å². The van der Waals surface area contributed by atoms with E-state index in [1.165, 1.54) is 16.3 Å². The van der Waals surface area contributed by atoms with Gasteiger partial charge in [-0.05, 0) is 42.3 Å². The molecule has 0 spiro atoms. The lowest BCUT2D eigenvalue weighted by molar-refractivity contribution is -0.113. The average Bonchev–Trinajstić information content (AvgIpc) is 2.83. The van der Waals surface area contributed by atoms with Crippen molar-refractivity contribution in [3.05, 3.63) is 88.7 Å². The number of anilines is 1. The molecule has 4 aromatic rings. The summed E-state index contributed by atoms with van der Waals surface area (Å²) in [6.45, 7) is 2.05. The highest BCUT2D eigenvalue weighted by atomic mass is 32.2. The molecular weight excluding hydrogens is 422 g/mol. The molecule has 0 saturated carbocycles. The van der Waals surface area contributed by atoms with Gasteiger partial charge in [-0.3, -0.25) is 14.2 Å². The molecule has 1 heterocycles. The van der Waals surface area contributed by atoms with Crippen LogP contribution in [-0.2, 0) is 11.2 Å². The van der Waals surface area contributed by atoms with E-state index in [2.05, 4.69) is 10.3 Å². The molecule has 1 aromatic heterocycles. The number of benzene rings is 3. The lowest BCUT2D eigenvalue weighted by Gasteiger charge is -2.14. The Balaban J connectivity index is 1.68. The zero-order valence-corrected chi connectivity index (χ0v) is 18.7. The van der Waals surface area contributed by atoms with Gasteiger partial charge in [-0.1, -0.05) is 55.1 Å². The number of aryl methyl sites for hydroxylation is 1. The SMILES string of the molecule is CCc1ccccc1NC(=O)CSc1nc2ccccc2c(=O)n1-c1cccc(OC)c1. The van der Waals surface area contributed by atoms with Gasteiger partial charge < -0.3 is 10.1 Å². The fourth-order valence-corrected chi connectivity index (χ4v) is 4.27. The number of aromatic nitrogens is 2. The molecule has 0 aliphatic carbocycles. The Labute approximate surface area is 190 Å². The minimum atomic E-state index is -0.192. The normalized spacial score (nSPS) is 10.8. The highest BCUT2D eigenvalue weighted by Crippen LogP contribution is 2.24. The molecule has 6 nitrogen and oxygen atoms in total. The minimum absolute atomic E-state index is 0.118. The van der Waals surface area contributed by atoms with Gasteiger partial charge in [-0.25, -0.2) is 4.98 Å².